The van der Waals surface area contributed by atoms with Gasteiger partial charge in [-0.1, -0.05) is 104 Å². The second-order valence-electron chi connectivity index (χ2n) is 9.93. The summed E-state index contributed by atoms with van der Waals surface area (Å²) in [6, 6.07) is 1.24. The van der Waals surface area contributed by atoms with Gasteiger partial charge in [0.2, 0.25) is 9.76 Å². The van der Waals surface area contributed by atoms with Crippen LogP contribution in [0.3, 0.4) is 0 Å². The van der Waals surface area contributed by atoms with E-state index in [1.807, 2.05) is 0 Å². The summed E-state index contributed by atoms with van der Waals surface area (Å²) in [5, 5.41) is 2.49. The van der Waals surface area contributed by atoms with Crippen LogP contribution in [0.5, 0.6) is 0 Å². The Morgan fingerprint density at radius 2 is 0.966 bits per heavy atom. The van der Waals surface area contributed by atoms with E-state index in [1.54, 1.807) is 7.11 Å². The van der Waals surface area contributed by atoms with Crippen LogP contribution in [0.2, 0.25) is 6.04 Å². The Morgan fingerprint density at radius 3 is 1.38 bits per heavy atom. The molecule has 0 saturated heterocycles. The Kier molecular flexibility index (Phi) is 26.9. The monoisotopic (exact) mass is 447 g/mol. The zero-order chi connectivity index (χ0) is 20.8. The zero-order valence-corrected chi connectivity index (χ0v) is 22.3. The Labute approximate surface area is 193 Å². The third kappa shape index (κ3) is 30.7. The summed E-state index contributed by atoms with van der Waals surface area (Å²) in [6.45, 7) is 9.69. The van der Waals surface area contributed by atoms with Gasteiger partial charge in [0.25, 0.3) is 0 Å². The normalized spacial score (nSPS) is 11.6. The standard InChI is InChI=1S/C25H53NOSi.ClH/c1-25(2,3)21-18-16-14-12-10-8-6-5-7-9-11-13-15-17-19-22-26-23-20-24-28-27-4;/h26H,5-24H2,1-4H3;1H. The molecule has 0 spiro atoms. The molecule has 0 heterocycles. The summed E-state index contributed by atoms with van der Waals surface area (Å²) >= 11 is 0. The van der Waals surface area contributed by atoms with Gasteiger partial charge in [-0.25, -0.2) is 0 Å². The maximum Gasteiger partial charge on any atom is 0.229 e. The van der Waals surface area contributed by atoms with Crippen molar-refractivity contribution in [2.24, 2.45) is 5.41 Å². The van der Waals surface area contributed by atoms with Crippen LogP contribution in [0.15, 0.2) is 0 Å². The van der Waals surface area contributed by atoms with E-state index in [0.717, 1.165) is 0 Å². The highest BCUT2D eigenvalue weighted by Gasteiger charge is 2.08. The highest BCUT2D eigenvalue weighted by atomic mass is 35.5. The molecule has 0 aliphatic carbocycles. The first-order chi connectivity index (χ1) is 13.6. The van der Waals surface area contributed by atoms with Gasteiger partial charge in [-0.15, -0.1) is 0 Å². The van der Waals surface area contributed by atoms with Crippen molar-refractivity contribution in [3.8, 4) is 0 Å². The molecule has 0 atom stereocenters. The molecule has 0 amide bonds. The van der Waals surface area contributed by atoms with Crippen LogP contribution in [0.25, 0.3) is 0 Å². The Balaban J connectivity index is 0. The first-order valence-electron chi connectivity index (χ1n) is 12.6. The number of hydrogen-bond acceptors (Lipinski definition) is 1. The molecular formula is C25H54ClNOSi. The van der Waals surface area contributed by atoms with Crippen molar-refractivity contribution >= 4 is 9.76 Å². The zero-order valence-electron chi connectivity index (χ0n) is 20.5. The molecule has 0 aromatic carbocycles. The minimum Gasteiger partial charge on any atom is -1.00 e. The molecule has 0 aliphatic rings. The highest BCUT2D eigenvalue weighted by molar-refractivity contribution is 6.26. The van der Waals surface area contributed by atoms with Gasteiger partial charge in [0.1, 0.15) is 0 Å². The van der Waals surface area contributed by atoms with E-state index in [9.17, 15) is 0 Å². The van der Waals surface area contributed by atoms with Crippen molar-refractivity contribution in [2.45, 2.75) is 136 Å². The topological polar surface area (TPSA) is 25.8 Å². The number of rotatable bonds is 22. The summed E-state index contributed by atoms with van der Waals surface area (Å²) in [5.41, 5.74) is 0.531. The number of quaternary nitrogens is 1. The van der Waals surface area contributed by atoms with Gasteiger partial charge in [0, 0.05) is 7.11 Å². The van der Waals surface area contributed by atoms with Gasteiger partial charge in [-0.3, -0.25) is 0 Å². The molecule has 2 radical (unpaired) electrons. The molecule has 0 aromatic heterocycles. The smallest absolute Gasteiger partial charge is 0.229 e. The first-order valence-corrected chi connectivity index (χ1v) is 13.8. The molecule has 2 nitrogen and oxygen atoms in total. The van der Waals surface area contributed by atoms with Crippen molar-refractivity contribution in [3.63, 3.8) is 0 Å². The SMILES string of the molecule is CO[Si]CCC[NH2+]CCCCCCCCCCCCCCCCCC(C)(C)C.[Cl-]. The van der Waals surface area contributed by atoms with E-state index in [4.69, 9.17) is 4.43 Å². The first kappa shape index (κ1) is 31.6. The van der Waals surface area contributed by atoms with Crippen molar-refractivity contribution in [1.82, 2.24) is 0 Å². The highest BCUT2D eigenvalue weighted by Crippen LogP contribution is 2.22. The van der Waals surface area contributed by atoms with E-state index in [-0.39, 0.29) is 12.4 Å². The van der Waals surface area contributed by atoms with Crippen LogP contribution < -0.4 is 17.7 Å². The molecule has 0 aliphatic heterocycles. The summed E-state index contributed by atoms with van der Waals surface area (Å²) < 4.78 is 5.10. The van der Waals surface area contributed by atoms with E-state index >= 15 is 0 Å². The predicted molar refractivity (Wildman–Crippen MR) is 127 cm³/mol. The lowest BCUT2D eigenvalue weighted by atomic mass is 9.89. The fraction of sp³-hybridized carbons (Fsp3) is 1.00. The van der Waals surface area contributed by atoms with E-state index in [1.165, 1.54) is 128 Å². The molecule has 0 fully saturated rings. The fourth-order valence-corrected chi connectivity index (χ4v) is 4.36. The fourth-order valence-electron chi connectivity index (χ4n) is 3.81. The van der Waals surface area contributed by atoms with Crippen LogP contribution in [0.4, 0.5) is 0 Å². The number of halogens is 1. The lowest BCUT2D eigenvalue weighted by molar-refractivity contribution is -0.655. The summed E-state index contributed by atoms with van der Waals surface area (Å²) in [7, 11) is 2.51. The van der Waals surface area contributed by atoms with E-state index in [0.29, 0.717) is 15.2 Å². The van der Waals surface area contributed by atoms with Crippen molar-refractivity contribution < 1.29 is 22.1 Å². The third-order valence-corrected chi connectivity index (χ3v) is 6.51. The molecule has 0 bridgehead atoms. The van der Waals surface area contributed by atoms with Crippen molar-refractivity contribution in [3.05, 3.63) is 0 Å². The maximum atomic E-state index is 5.10. The van der Waals surface area contributed by atoms with Crippen LogP contribution in [-0.4, -0.2) is 30.0 Å². The Morgan fingerprint density at radius 1 is 0.586 bits per heavy atom. The second kappa shape index (κ2) is 24.7. The van der Waals surface area contributed by atoms with Crippen molar-refractivity contribution in [1.29, 1.82) is 0 Å². The molecule has 0 rings (SSSR count). The van der Waals surface area contributed by atoms with Crippen molar-refractivity contribution in [2.75, 3.05) is 20.2 Å². The summed E-state index contributed by atoms with van der Waals surface area (Å²) in [5.74, 6) is 0. The van der Waals surface area contributed by atoms with Crippen LogP contribution >= 0.6 is 0 Å². The van der Waals surface area contributed by atoms with E-state index < -0.39 is 0 Å². The predicted octanol–water partition coefficient (Wildman–Crippen LogP) is 3.92. The maximum absolute atomic E-state index is 5.10. The van der Waals surface area contributed by atoms with E-state index in [2.05, 4.69) is 26.1 Å². The van der Waals surface area contributed by atoms with Gasteiger partial charge in [0.05, 0.1) is 13.1 Å². The largest absolute Gasteiger partial charge is 1.00 e. The summed E-state index contributed by atoms with van der Waals surface area (Å²) in [4.78, 5) is 0. The molecule has 0 saturated carbocycles. The lowest BCUT2D eigenvalue weighted by Crippen LogP contribution is -3.00. The minimum absolute atomic E-state index is 0. The average Bonchev–Trinajstić information content (AvgIpc) is 2.65. The lowest BCUT2D eigenvalue weighted by Gasteiger charge is -2.17. The molecule has 176 valence electrons. The Bertz CT molecular complexity index is 297. The Hall–Kier alpha value is 0.427. The molecule has 0 unspecified atom stereocenters. The average molecular weight is 448 g/mol. The quantitative estimate of drug-likeness (QED) is 0.197. The minimum atomic E-state index is 0. The molecule has 29 heavy (non-hydrogen) atoms. The van der Waals surface area contributed by atoms with Gasteiger partial charge >= 0.3 is 0 Å². The molecular weight excluding hydrogens is 394 g/mol. The molecule has 0 aromatic rings. The summed E-state index contributed by atoms with van der Waals surface area (Å²) in [6.07, 6.45) is 24.6. The van der Waals surface area contributed by atoms with Gasteiger partial charge in [-0.05, 0) is 37.1 Å². The second-order valence-corrected chi connectivity index (χ2v) is 11.1. The molecule has 4 heteroatoms. The molecule has 2 N–H and O–H groups in total. The van der Waals surface area contributed by atoms with Crippen LogP contribution in [0, 0.1) is 5.41 Å². The van der Waals surface area contributed by atoms with Crippen LogP contribution in [0.1, 0.15) is 130 Å². The van der Waals surface area contributed by atoms with Gasteiger partial charge in [-0.2, -0.15) is 0 Å². The number of unbranched alkanes of at least 4 members (excludes halogenated alkanes) is 14. The van der Waals surface area contributed by atoms with Crippen LogP contribution in [-0.2, 0) is 4.43 Å². The van der Waals surface area contributed by atoms with Gasteiger partial charge < -0.3 is 22.1 Å². The third-order valence-electron chi connectivity index (χ3n) is 5.67. The number of hydrogen-bond donors (Lipinski definition) is 1. The van der Waals surface area contributed by atoms with Gasteiger partial charge in [0.15, 0.2) is 0 Å². The number of nitrogens with two attached hydrogens (primary N) is 1.